The Hall–Kier alpha value is -2.95. The zero-order valence-corrected chi connectivity index (χ0v) is 11.4. The van der Waals surface area contributed by atoms with Gasteiger partial charge in [0, 0.05) is 16.7 Å². The van der Waals surface area contributed by atoms with Gasteiger partial charge in [0.2, 0.25) is 0 Å². The summed E-state index contributed by atoms with van der Waals surface area (Å²) >= 11 is 0. The maximum Gasteiger partial charge on any atom is 0.150 e. The number of carbonyl (C=O) groups excluding carboxylic acids is 1. The summed E-state index contributed by atoms with van der Waals surface area (Å²) in [5.41, 5.74) is 3.83. The van der Waals surface area contributed by atoms with Crippen LogP contribution in [0.25, 0.3) is 22.5 Å². The van der Waals surface area contributed by atoms with Gasteiger partial charge in [0.25, 0.3) is 0 Å². The van der Waals surface area contributed by atoms with Crippen molar-refractivity contribution in [3.63, 3.8) is 0 Å². The number of aromatic nitrogens is 3. The minimum atomic E-state index is 0.608. The summed E-state index contributed by atoms with van der Waals surface area (Å²) < 4.78 is 5.15. The Bertz CT molecular complexity index is 763. The number of hydrogen-bond donors (Lipinski definition) is 1. The molecule has 21 heavy (non-hydrogen) atoms. The van der Waals surface area contributed by atoms with Crippen molar-refractivity contribution in [3.05, 3.63) is 54.1 Å². The molecule has 0 bridgehead atoms. The van der Waals surface area contributed by atoms with Gasteiger partial charge in [-0.05, 0) is 30.3 Å². The molecule has 0 radical (unpaired) electrons. The van der Waals surface area contributed by atoms with Gasteiger partial charge in [0.15, 0.2) is 0 Å². The van der Waals surface area contributed by atoms with Gasteiger partial charge in [-0.2, -0.15) is 15.4 Å². The highest BCUT2D eigenvalue weighted by Gasteiger charge is 2.12. The largest absolute Gasteiger partial charge is 0.497 e. The second kappa shape index (κ2) is 5.58. The van der Waals surface area contributed by atoms with E-state index in [2.05, 4.69) is 15.4 Å². The Morgan fingerprint density at radius 3 is 2.38 bits per heavy atom. The van der Waals surface area contributed by atoms with Gasteiger partial charge in [0.1, 0.15) is 23.4 Å². The Morgan fingerprint density at radius 1 is 1.00 bits per heavy atom. The molecule has 0 fully saturated rings. The third-order valence-corrected chi connectivity index (χ3v) is 3.21. The zero-order valence-electron chi connectivity index (χ0n) is 11.4. The number of H-pyrrole nitrogens is 1. The maximum atomic E-state index is 10.9. The molecule has 1 aromatic heterocycles. The number of ether oxygens (including phenoxy) is 1. The van der Waals surface area contributed by atoms with Gasteiger partial charge < -0.3 is 4.74 Å². The van der Waals surface area contributed by atoms with Crippen LogP contribution >= 0.6 is 0 Å². The summed E-state index contributed by atoms with van der Waals surface area (Å²) in [6.45, 7) is 0. The first-order valence-electron chi connectivity index (χ1n) is 6.42. The SMILES string of the molecule is COc1ccc(-c2n[nH]nc2-c2cccc(C=O)c2)cc1. The molecule has 0 spiro atoms. The Kier molecular flexibility index (Phi) is 3.47. The van der Waals surface area contributed by atoms with Gasteiger partial charge >= 0.3 is 0 Å². The lowest BCUT2D eigenvalue weighted by molar-refractivity contribution is 0.112. The lowest BCUT2D eigenvalue weighted by Gasteiger charge is -2.03. The van der Waals surface area contributed by atoms with Crippen molar-refractivity contribution in [2.75, 3.05) is 7.11 Å². The van der Waals surface area contributed by atoms with E-state index < -0.39 is 0 Å². The quantitative estimate of drug-likeness (QED) is 0.745. The summed E-state index contributed by atoms with van der Waals surface area (Å²) in [6.07, 6.45) is 0.816. The van der Waals surface area contributed by atoms with Crippen LogP contribution in [0.1, 0.15) is 10.4 Å². The predicted octanol–water partition coefficient (Wildman–Crippen LogP) is 2.96. The number of methoxy groups -OCH3 is 1. The number of nitrogens with zero attached hydrogens (tertiary/aromatic N) is 2. The molecule has 5 nitrogen and oxygen atoms in total. The molecule has 0 atom stereocenters. The predicted molar refractivity (Wildman–Crippen MR) is 79.2 cm³/mol. The summed E-state index contributed by atoms with van der Waals surface area (Å²) in [7, 11) is 1.63. The van der Waals surface area contributed by atoms with E-state index in [1.807, 2.05) is 36.4 Å². The fraction of sp³-hybridized carbons (Fsp3) is 0.0625. The van der Waals surface area contributed by atoms with E-state index in [9.17, 15) is 4.79 Å². The van der Waals surface area contributed by atoms with Crippen LogP contribution in [-0.4, -0.2) is 28.8 Å². The van der Waals surface area contributed by atoms with Crippen LogP contribution in [-0.2, 0) is 0 Å². The molecule has 0 saturated heterocycles. The smallest absolute Gasteiger partial charge is 0.150 e. The van der Waals surface area contributed by atoms with Crippen molar-refractivity contribution in [2.45, 2.75) is 0 Å². The van der Waals surface area contributed by atoms with E-state index in [0.717, 1.165) is 28.9 Å². The Morgan fingerprint density at radius 2 is 1.71 bits per heavy atom. The normalized spacial score (nSPS) is 10.3. The molecular weight excluding hydrogens is 266 g/mol. The van der Waals surface area contributed by atoms with Crippen LogP contribution in [0.5, 0.6) is 5.75 Å². The third-order valence-electron chi connectivity index (χ3n) is 3.21. The first kappa shape index (κ1) is 13.1. The molecule has 1 N–H and O–H groups in total. The van der Waals surface area contributed by atoms with E-state index >= 15 is 0 Å². The second-order valence-electron chi connectivity index (χ2n) is 4.49. The molecule has 0 aliphatic rings. The van der Waals surface area contributed by atoms with E-state index in [1.54, 1.807) is 19.2 Å². The van der Waals surface area contributed by atoms with Crippen LogP contribution in [0.4, 0.5) is 0 Å². The lowest BCUT2D eigenvalue weighted by atomic mass is 10.0. The molecule has 0 saturated carbocycles. The molecule has 3 rings (SSSR count). The number of aromatic amines is 1. The van der Waals surface area contributed by atoms with Crippen molar-refractivity contribution in [1.82, 2.24) is 15.4 Å². The molecule has 5 heteroatoms. The Labute approximate surface area is 121 Å². The highest BCUT2D eigenvalue weighted by Crippen LogP contribution is 2.29. The summed E-state index contributed by atoms with van der Waals surface area (Å²) in [5.74, 6) is 0.784. The lowest BCUT2D eigenvalue weighted by Crippen LogP contribution is -1.87. The number of nitrogens with one attached hydrogen (secondary N) is 1. The topological polar surface area (TPSA) is 67.9 Å². The number of hydrogen-bond acceptors (Lipinski definition) is 4. The second-order valence-corrected chi connectivity index (χ2v) is 4.49. The van der Waals surface area contributed by atoms with Crippen LogP contribution in [0.2, 0.25) is 0 Å². The van der Waals surface area contributed by atoms with E-state index in [0.29, 0.717) is 11.3 Å². The Balaban J connectivity index is 2.05. The van der Waals surface area contributed by atoms with Crippen molar-refractivity contribution >= 4 is 6.29 Å². The number of aldehydes is 1. The maximum absolute atomic E-state index is 10.9. The fourth-order valence-corrected chi connectivity index (χ4v) is 2.14. The van der Waals surface area contributed by atoms with Crippen LogP contribution in [0, 0.1) is 0 Å². The van der Waals surface area contributed by atoms with Crippen molar-refractivity contribution in [1.29, 1.82) is 0 Å². The van der Waals surface area contributed by atoms with Gasteiger partial charge in [-0.3, -0.25) is 4.79 Å². The van der Waals surface area contributed by atoms with Crippen molar-refractivity contribution < 1.29 is 9.53 Å². The first-order chi connectivity index (χ1) is 10.3. The van der Waals surface area contributed by atoms with E-state index in [-0.39, 0.29) is 0 Å². The molecule has 0 amide bonds. The van der Waals surface area contributed by atoms with E-state index in [4.69, 9.17) is 4.74 Å². The van der Waals surface area contributed by atoms with Crippen LogP contribution in [0.3, 0.4) is 0 Å². The van der Waals surface area contributed by atoms with Gasteiger partial charge in [-0.1, -0.05) is 18.2 Å². The standard InChI is InChI=1S/C16H13N3O2/c1-21-14-7-5-12(6-8-14)15-16(18-19-17-15)13-4-2-3-11(9-13)10-20/h2-10H,1H3,(H,17,18,19). The van der Waals surface area contributed by atoms with Crippen molar-refractivity contribution in [2.24, 2.45) is 0 Å². The fourth-order valence-electron chi connectivity index (χ4n) is 2.14. The number of rotatable bonds is 4. The molecule has 0 aliphatic heterocycles. The zero-order chi connectivity index (χ0) is 14.7. The summed E-state index contributed by atoms with van der Waals surface area (Å²) in [5, 5.41) is 11.0. The van der Waals surface area contributed by atoms with Gasteiger partial charge in [0.05, 0.1) is 7.11 Å². The molecule has 0 aliphatic carbocycles. The molecule has 0 unspecified atom stereocenters. The first-order valence-corrected chi connectivity index (χ1v) is 6.42. The molecule has 1 heterocycles. The minimum absolute atomic E-state index is 0.608. The molecule has 2 aromatic carbocycles. The average molecular weight is 279 g/mol. The van der Waals surface area contributed by atoms with E-state index in [1.165, 1.54) is 0 Å². The third kappa shape index (κ3) is 2.53. The van der Waals surface area contributed by atoms with Gasteiger partial charge in [-0.25, -0.2) is 0 Å². The van der Waals surface area contributed by atoms with Crippen molar-refractivity contribution in [3.8, 4) is 28.3 Å². The monoisotopic (exact) mass is 279 g/mol. The summed E-state index contributed by atoms with van der Waals surface area (Å²) in [4.78, 5) is 10.9. The molecular formula is C16H13N3O2. The highest BCUT2D eigenvalue weighted by atomic mass is 16.5. The van der Waals surface area contributed by atoms with Crippen LogP contribution in [0.15, 0.2) is 48.5 Å². The number of benzene rings is 2. The van der Waals surface area contributed by atoms with Crippen LogP contribution < -0.4 is 4.74 Å². The summed E-state index contributed by atoms with van der Waals surface area (Å²) in [6, 6.07) is 14.9. The molecule has 3 aromatic rings. The van der Waals surface area contributed by atoms with Gasteiger partial charge in [-0.15, -0.1) is 0 Å². The number of carbonyl (C=O) groups is 1. The highest BCUT2D eigenvalue weighted by molar-refractivity contribution is 5.82. The minimum Gasteiger partial charge on any atom is -0.497 e. The average Bonchev–Trinajstić information content (AvgIpc) is 3.04. The molecule has 104 valence electrons.